The van der Waals surface area contributed by atoms with Crippen LogP contribution in [0.2, 0.25) is 0 Å². The van der Waals surface area contributed by atoms with Gasteiger partial charge in [-0.3, -0.25) is 4.79 Å². The summed E-state index contributed by atoms with van der Waals surface area (Å²) in [4.78, 5) is 11.4. The lowest BCUT2D eigenvalue weighted by molar-refractivity contribution is -0.155. The monoisotopic (exact) mass is 182 g/mol. The predicted octanol–water partition coefficient (Wildman–Crippen LogP) is 2.31. The van der Waals surface area contributed by atoms with E-state index >= 15 is 0 Å². The number of rotatable bonds is 0. The second kappa shape index (κ2) is 3.41. The maximum Gasteiger partial charge on any atom is 0.138 e. The van der Waals surface area contributed by atoms with E-state index in [1.807, 2.05) is 0 Å². The van der Waals surface area contributed by atoms with Crippen molar-refractivity contribution in [3.63, 3.8) is 0 Å². The average Bonchev–Trinajstić information content (AvgIpc) is 2.11. The second-order valence-corrected chi connectivity index (χ2v) is 4.53. The normalized spacial score (nSPS) is 41.0. The minimum Gasteiger partial charge on any atom is -0.374 e. The molecule has 1 heterocycles. The molecule has 0 radical (unpaired) electrons. The van der Waals surface area contributed by atoms with Crippen LogP contribution in [0.25, 0.3) is 0 Å². The largest absolute Gasteiger partial charge is 0.374 e. The van der Waals surface area contributed by atoms with Crippen LogP contribution in [-0.2, 0) is 9.53 Å². The summed E-state index contributed by atoms with van der Waals surface area (Å²) in [6.45, 7) is 2.89. The molecule has 1 spiro atoms. The number of hydrogen-bond acceptors (Lipinski definition) is 2. The van der Waals surface area contributed by atoms with E-state index in [1.165, 1.54) is 19.3 Å². The summed E-state index contributed by atoms with van der Waals surface area (Å²) in [5.74, 6) is 0.977. The first-order chi connectivity index (χ1) is 6.23. The lowest BCUT2D eigenvalue weighted by Gasteiger charge is -2.44. The van der Waals surface area contributed by atoms with Crippen LogP contribution in [0.15, 0.2) is 0 Å². The van der Waals surface area contributed by atoms with E-state index < -0.39 is 0 Å². The van der Waals surface area contributed by atoms with Crippen molar-refractivity contribution < 1.29 is 9.53 Å². The first-order valence-corrected chi connectivity index (χ1v) is 5.39. The summed E-state index contributed by atoms with van der Waals surface area (Å²) in [5.41, 5.74) is -0.0619. The van der Waals surface area contributed by atoms with Crippen LogP contribution in [0.5, 0.6) is 0 Å². The van der Waals surface area contributed by atoms with Gasteiger partial charge in [-0.1, -0.05) is 19.8 Å². The molecule has 1 aliphatic carbocycles. The molecular formula is C11H18O2. The van der Waals surface area contributed by atoms with Crippen molar-refractivity contribution in [2.75, 3.05) is 6.61 Å². The van der Waals surface area contributed by atoms with E-state index in [4.69, 9.17) is 4.74 Å². The summed E-state index contributed by atoms with van der Waals surface area (Å²) >= 11 is 0. The zero-order valence-electron chi connectivity index (χ0n) is 8.34. The topological polar surface area (TPSA) is 26.3 Å². The Morgan fingerprint density at radius 3 is 3.00 bits per heavy atom. The molecule has 13 heavy (non-hydrogen) atoms. The third-order valence-corrected chi connectivity index (χ3v) is 3.65. The number of carbonyl (C=O) groups is 1. The van der Waals surface area contributed by atoms with E-state index in [-0.39, 0.29) is 5.60 Å². The van der Waals surface area contributed by atoms with E-state index in [1.54, 1.807) is 0 Å². The van der Waals surface area contributed by atoms with E-state index in [2.05, 4.69) is 6.92 Å². The number of carbonyl (C=O) groups excluding carboxylic acids is 1. The molecule has 0 aromatic rings. The molecule has 0 N–H and O–H groups in total. The molecule has 2 nitrogen and oxygen atoms in total. The number of Topliss-reactive ketones (excluding diaryl/α,β-unsaturated/α-hetero) is 1. The van der Waals surface area contributed by atoms with Gasteiger partial charge >= 0.3 is 0 Å². The van der Waals surface area contributed by atoms with Crippen molar-refractivity contribution >= 4 is 5.78 Å². The first kappa shape index (κ1) is 9.20. The highest BCUT2D eigenvalue weighted by atomic mass is 16.5. The standard InChI is InChI=1S/C11H18O2/c1-9-4-2-3-6-11(9)8-10(12)5-7-13-11/h9H,2-8H2,1H3. The molecule has 2 atom stereocenters. The van der Waals surface area contributed by atoms with Crippen molar-refractivity contribution in [1.29, 1.82) is 0 Å². The molecular weight excluding hydrogens is 164 g/mol. The summed E-state index contributed by atoms with van der Waals surface area (Å²) in [5, 5.41) is 0. The summed E-state index contributed by atoms with van der Waals surface area (Å²) < 4.78 is 5.87. The van der Waals surface area contributed by atoms with Gasteiger partial charge in [-0.25, -0.2) is 0 Å². The Labute approximate surface area is 79.7 Å². The molecule has 2 heteroatoms. The molecule has 2 rings (SSSR count). The molecule has 2 fully saturated rings. The van der Waals surface area contributed by atoms with Crippen LogP contribution in [0.4, 0.5) is 0 Å². The quantitative estimate of drug-likeness (QED) is 0.574. The third kappa shape index (κ3) is 1.64. The van der Waals surface area contributed by atoms with Crippen LogP contribution in [0.3, 0.4) is 0 Å². The van der Waals surface area contributed by atoms with Gasteiger partial charge < -0.3 is 4.74 Å². The van der Waals surface area contributed by atoms with E-state index in [0.29, 0.717) is 31.1 Å². The smallest absolute Gasteiger partial charge is 0.138 e. The Morgan fingerprint density at radius 2 is 2.31 bits per heavy atom. The summed E-state index contributed by atoms with van der Waals surface area (Å²) in [6.07, 6.45) is 6.17. The van der Waals surface area contributed by atoms with Gasteiger partial charge in [-0.05, 0) is 18.8 Å². The molecule has 1 aliphatic heterocycles. The number of hydrogen-bond donors (Lipinski definition) is 0. The molecule has 0 bridgehead atoms. The molecule has 2 aliphatic rings. The molecule has 1 saturated heterocycles. The van der Waals surface area contributed by atoms with Gasteiger partial charge in [0.25, 0.3) is 0 Å². The fourth-order valence-electron chi connectivity index (χ4n) is 2.70. The SMILES string of the molecule is CC1CCCCC12CC(=O)CCO2. The maximum atomic E-state index is 11.4. The summed E-state index contributed by atoms with van der Waals surface area (Å²) in [7, 11) is 0. The highest BCUT2D eigenvalue weighted by molar-refractivity contribution is 5.80. The Hall–Kier alpha value is -0.370. The molecule has 1 saturated carbocycles. The van der Waals surface area contributed by atoms with Gasteiger partial charge in [0.2, 0.25) is 0 Å². The molecule has 0 aromatic carbocycles. The lowest BCUT2D eigenvalue weighted by Crippen LogP contribution is -2.47. The minimum atomic E-state index is -0.0619. The van der Waals surface area contributed by atoms with Gasteiger partial charge in [0.05, 0.1) is 12.2 Å². The van der Waals surface area contributed by atoms with Crippen LogP contribution in [0, 0.1) is 5.92 Å². The van der Waals surface area contributed by atoms with E-state index in [0.717, 1.165) is 6.42 Å². The van der Waals surface area contributed by atoms with Crippen LogP contribution >= 0.6 is 0 Å². The van der Waals surface area contributed by atoms with Crippen molar-refractivity contribution in [3.8, 4) is 0 Å². The van der Waals surface area contributed by atoms with Crippen molar-refractivity contribution in [2.45, 2.75) is 51.0 Å². The van der Waals surface area contributed by atoms with Gasteiger partial charge in [0.1, 0.15) is 5.78 Å². The lowest BCUT2D eigenvalue weighted by atomic mass is 9.72. The predicted molar refractivity (Wildman–Crippen MR) is 50.6 cm³/mol. The Kier molecular flexibility index (Phi) is 2.41. The van der Waals surface area contributed by atoms with Crippen molar-refractivity contribution in [1.82, 2.24) is 0 Å². The number of ketones is 1. The Bertz CT molecular complexity index is 208. The first-order valence-electron chi connectivity index (χ1n) is 5.39. The Morgan fingerprint density at radius 1 is 1.46 bits per heavy atom. The zero-order valence-corrected chi connectivity index (χ0v) is 8.34. The van der Waals surface area contributed by atoms with Crippen LogP contribution in [-0.4, -0.2) is 18.0 Å². The summed E-state index contributed by atoms with van der Waals surface area (Å²) in [6, 6.07) is 0. The van der Waals surface area contributed by atoms with Gasteiger partial charge in [-0.15, -0.1) is 0 Å². The molecule has 0 aromatic heterocycles. The molecule has 0 amide bonds. The van der Waals surface area contributed by atoms with Crippen LogP contribution < -0.4 is 0 Å². The van der Waals surface area contributed by atoms with E-state index in [9.17, 15) is 4.79 Å². The maximum absolute atomic E-state index is 11.4. The van der Waals surface area contributed by atoms with Crippen molar-refractivity contribution in [2.24, 2.45) is 5.92 Å². The average molecular weight is 182 g/mol. The molecule has 74 valence electrons. The number of ether oxygens (including phenoxy) is 1. The molecule has 2 unspecified atom stereocenters. The third-order valence-electron chi connectivity index (χ3n) is 3.65. The highest BCUT2D eigenvalue weighted by Crippen LogP contribution is 2.41. The zero-order chi connectivity index (χ0) is 9.31. The van der Waals surface area contributed by atoms with Crippen LogP contribution in [0.1, 0.15) is 45.4 Å². The second-order valence-electron chi connectivity index (χ2n) is 4.53. The fraction of sp³-hybridized carbons (Fsp3) is 0.909. The fourth-order valence-corrected chi connectivity index (χ4v) is 2.70. The van der Waals surface area contributed by atoms with Crippen molar-refractivity contribution in [3.05, 3.63) is 0 Å². The Balaban J connectivity index is 2.11. The van der Waals surface area contributed by atoms with Gasteiger partial charge in [-0.2, -0.15) is 0 Å². The van der Waals surface area contributed by atoms with Gasteiger partial charge in [0.15, 0.2) is 0 Å². The minimum absolute atomic E-state index is 0.0619. The van der Waals surface area contributed by atoms with Gasteiger partial charge in [0, 0.05) is 12.8 Å². The highest BCUT2D eigenvalue weighted by Gasteiger charge is 2.42.